The van der Waals surface area contributed by atoms with Crippen molar-refractivity contribution >= 4 is 57.6 Å². The second-order valence-electron chi connectivity index (χ2n) is 5.90. The molecule has 6 heteroatoms. The van der Waals surface area contributed by atoms with E-state index < -0.39 is 0 Å². The van der Waals surface area contributed by atoms with Gasteiger partial charge in [-0.3, -0.25) is 9.69 Å². The fraction of sp³-hybridized carbons (Fsp3) is 0.200. The zero-order chi connectivity index (χ0) is 18.7. The van der Waals surface area contributed by atoms with Crippen LogP contribution >= 0.6 is 35.6 Å². The Kier molecular flexibility index (Phi) is 6.01. The lowest BCUT2D eigenvalue weighted by atomic mass is 10.2. The number of hydrogen-bond acceptors (Lipinski definition) is 4. The summed E-state index contributed by atoms with van der Waals surface area (Å²) in [5, 5.41) is 0.620. The molecule has 0 bridgehead atoms. The van der Waals surface area contributed by atoms with Crippen LogP contribution in [0.25, 0.3) is 6.08 Å². The highest BCUT2D eigenvalue weighted by Gasteiger charge is 2.33. The number of rotatable bonds is 5. The Hall–Kier alpha value is -1.82. The smallest absolute Gasteiger partial charge is 0.270 e. The Bertz CT molecular complexity index is 847. The number of halogens is 1. The standard InChI is InChI=1S/C20H18ClNO2S2/c1-3-13(2)24-17-10-4-14(5-11-17)12-18-19(23)22(20(25)26-18)16-8-6-15(21)7-9-16/h4-13H,3H2,1-2H3/b18-12+/t13-/m0/s1. The van der Waals surface area contributed by atoms with Crippen molar-refractivity contribution in [2.45, 2.75) is 26.4 Å². The van der Waals surface area contributed by atoms with Gasteiger partial charge in [0.2, 0.25) is 0 Å². The van der Waals surface area contributed by atoms with Crippen molar-refractivity contribution in [3.63, 3.8) is 0 Å². The maximum absolute atomic E-state index is 12.7. The third kappa shape index (κ3) is 4.29. The summed E-state index contributed by atoms with van der Waals surface area (Å²) >= 11 is 12.6. The second kappa shape index (κ2) is 8.25. The number of nitrogens with zero attached hydrogens (tertiary/aromatic N) is 1. The molecule has 0 aromatic heterocycles. The molecule has 2 aromatic rings. The van der Waals surface area contributed by atoms with Crippen LogP contribution in [0.3, 0.4) is 0 Å². The number of benzene rings is 2. The minimum atomic E-state index is -0.123. The van der Waals surface area contributed by atoms with Crippen molar-refractivity contribution in [1.29, 1.82) is 0 Å². The van der Waals surface area contributed by atoms with E-state index in [2.05, 4.69) is 6.92 Å². The van der Waals surface area contributed by atoms with Crippen LogP contribution < -0.4 is 9.64 Å². The number of carbonyl (C=O) groups excluding carboxylic acids is 1. The molecule has 1 aliphatic rings. The molecule has 0 unspecified atom stereocenters. The molecular formula is C20H18ClNO2S2. The molecule has 1 heterocycles. The van der Waals surface area contributed by atoms with E-state index in [-0.39, 0.29) is 12.0 Å². The summed E-state index contributed by atoms with van der Waals surface area (Å²) in [6.07, 6.45) is 2.98. The molecule has 0 radical (unpaired) electrons. The first-order chi connectivity index (χ1) is 12.5. The van der Waals surface area contributed by atoms with Gasteiger partial charge in [0, 0.05) is 5.02 Å². The Balaban J connectivity index is 1.78. The summed E-state index contributed by atoms with van der Waals surface area (Å²) in [6.45, 7) is 4.12. The largest absolute Gasteiger partial charge is 0.491 e. The van der Waals surface area contributed by atoms with Crippen LogP contribution in [0.1, 0.15) is 25.8 Å². The number of hydrogen-bond donors (Lipinski definition) is 0. The van der Waals surface area contributed by atoms with Crippen LogP contribution in [0.5, 0.6) is 5.75 Å². The van der Waals surface area contributed by atoms with Gasteiger partial charge in [0.25, 0.3) is 5.91 Å². The van der Waals surface area contributed by atoms with Crippen molar-refractivity contribution in [3.8, 4) is 5.75 Å². The molecule has 3 nitrogen and oxygen atoms in total. The average molecular weight is 404 g/mol. The molecule has 0 spiro atoms. The lowest BCUT2D eigenvalue weighted by molar-refractivity contribution is -0.113. The highest BCUT2D eigenvalue weighted by molar-refractivity contribution is 8.27. The first-order valence-electron chi connectivity index (χ1n) is 8.28. The minimum Gasteiger partial charge on any atom is -0.491 e. The monoisotopic (exact) mass is 403 g/mol. The summed E-state index contributed by atoms with van der Waals surface area (Å²) in [4.78, 5) is 14.9. The number of anilines is 1. The van der Waals surface area contributed by atoms with E-state index in [4.69, 9.17) is 28.6 Å². The van der Waals surface area contributed by atoms with Crippen LogP contribution in [-0.4, -0.2) is 16.3 Å². The van der Waals surface area contributed by atoms with Crippen LogP contribution in [0.4, 0.5) is 5.69 Å². The van der Waals surface area contributed by atoms with Crippen LogP contribution in [0.15, 0.2) is 53.4 Å². The van der Waals surface area contributed by atoms with E-state index in [1.54, 1.807) is 24.3 Å². The Morgan fingerprint density at radius 3 is 2.46 bits per heavy atom. The van der Waals surface area contributed by atoms with Gasteiger partial charge in [-0.2, -0.15) is 0 Å². The fourth-order valence-corrected chi connectivity index (χ4v) is 3.82. The topological polar surface area (TPSA) is 29.5 Å². The Labute approximate surface area is 168 Å². The second-order valence-corrected chi connectivity index (χ2v) is 8.01. The van der Waals surface area contributed by atoms with Crippen molar-refractivity contribution in [2.24, 2.45) is 0 Å². The van der Waals surface area contributed by atoms with E-state index in [9.17, 15) is 4.79 Å². The first-order valence-corrected chi connectivity index (χ1v) is 9.88. The molecule has 0 N–H and O–H groups in total. The first kappa shape index (κ1) is 19.0. The average Bonchev–Trinajstić information content (AvgIpc) is 2.91. The SMILES string of the molecule is CC[C@H](C)Oc1ccc(/C=C2/SC(=S)N(c3ccc(Cl)cc3)C2=O)cc1. The third-order valence-electron chi connectivity index (χ3n) is 3.97. The van der Waals surface area contributed by atoms with Gasteiger partial charge >= 0.3 is 0 Å². The molecular weight excluding hydrogens is 386 g/mol. The molecule has 1 amide bonds. The van der Waals surface area contributed by atoms with Gasteiger partial charge in [-0.1, -0.05) is 54.6 Å². The van der Waals surface area contributed by atoms with E-state index in [0.29, 0.717) is 14.2 Å². The molecule has 1 aliphatic heterocycles. The van der Waals surface area contributed by atoms with Gasteiger partial charge < -0.3 is 4.74 Å². The number of amides is 1. The van der Waals surface area contributed by atoms with Gasteiger partial charge in [-0.05, 0) is 61.4 Å². The molecule has 1 fully saturated rings. The summed E-state index contributed by atoms with van der Waals surface area (Å²) in [6, 6.07) is 14.8. The van der Waals surface area contributed by atoms with E-state index >= 15 is 0 Å². The number of carbonyl (C=O) groups is 1. The minimum absolute atomic E-state index is 0.123. The Morgan fingerprint density at radius 2 is 1.85 bits per heavy atom. The maximum atomic E-state index is 12.7. The molecule has 1 atom stereocenters. The summed E-state index contributed by atoms with van der Waals surface area (Å²) in [5.74, 6) is 0.701. The van der Waals surface area contributed by atoms with E-state index in [1.807, 2.05) is 37.3 Å². The molecule has 134 valence electrons. The normalized spacial score (nSPS) is 17.0. The summed E-state index contributed by atoms with van der Waals surface area (Å²) < 4.78 is 6.29. The molecule has 3 rings (SSSR count). The van der Waals surface area contributed by atoms with Gasteiger partial charge in [0.15, 0.2) is 4.32 Å². The van der Waals surface area contributed by atoms with Crippen LogP contribution in [0.2, 0.25) is 5.02 Å². The highest BCUT2D eigenvalue weighted by atomic mass is 35.5. The molecule has 0 saturated carbocycles. The van der Waals surface area contributed by atoms with Gasteiger partial charge in [0.1, 0.15) is 5.75 Å². The quantitative estimate of drug-likeness (QED) is 0.457. The van der Waals surface area contributed by atoms with Crippen molar-refractivity contribution in [2.75, 3.05) is 4.90 Å². The predicted octanol–water partition coefficient (Wildman–Crippen LogP) is 5.92. The van der Waals surface area contributed by atoms with Crippen LogP contribution in [0, 0.1) is 0 Å². The van der Waals surface area contributed by atoms with Gasteiger partial charge in [-0.25, -0.2) is 0 Å². The van der Waals surface area contributed by atoms with Crippen molar-refractivity contribution in [1.82, 2.24) is 0 Å². The highest BCUT2D eigenvalue weighted by Crippen LogP contribution is 2.36. The zero-order valence-electron chi connectivity index (χ0n) is 14.4. The number of thiocarbonyl (C=S) groups is 1. The molecule has 26 heavy (non-hydrogen) atoms. The van der Waals surface area contributed by atoms with E-state index in [1.165, 1.54) is 16.7 Å². The number of thioether (sulfide) groups is 1. The molecule has 1 saturated heterocycles. The molecule has 0 aliphatic carbocycles. The lowest BCUT2D eigenvalue weighted by Crippen LogP contribution is -2.27. The zero-order valence-corrected chi connectivity index (χ0v) is 16.8. The maximum Gasteiger partial charge on any atom is 0.270 e. The molecule has 2 aromatic carbocycles. The predicted molar refractivity (Wildman–Crippen MR) is 114 cm³/mol. The van der Waals surface area contributed by atoms with Gasteiger partial charge in [-0.15, -0.1) is 0 Å². The number of ether oxygens (including phenoxy) is 1. The fourth-order valence-electron chi connectivity index (χ4n) is 2.39. The third-order valence-corrected chi connectivity index (χ3v) is 5.52. The van der Waals surface area contributed by atoms with E-state index in [0.717, 1.165) is 23.4 Å². The van der Waals surface area contributed by atoms with Crippen LogP contribution in [-0.2, 0) is 4.79 Å². The van der Waals surface area contributed by atoms with Crippen molar-refractivity contribution < 1.29 is 9.53 Å². The lowest BCUT2D eigenvalue weighted by Gasteiger charge is -2.14. The summed E-state index contributed by atoms with van der Waals surface area (Å²) in [5.41, 5.74) is 1.65. The van der Waals surface area contributed by atoms with Gasteiger partial charge in [0.05, 0.1) is 16.7 Å². The van der Waals surface area contributed by atoms with Crippen molar-refractivity contribution in [3.05, 3.63) is 64.0 Å². The Morgan fingerprint density at radius 1 is 1.19 bits per heavy atom. The summed E-state index contributed by atoms with van der Waals surface area (Å²) in [7, 11) is 0.